The predicted octanol–water partition coefficient (Wildman–Crippen LogP) is 1.86. The molecule has 100 valence electrons. The highest BCUT2D eigenvalue weighted by Crippen LogP contribution is 2.28. The highest BCUT2D eigenvalue weighted by Gasteiger charge is 2.29. The van der Waals surface area contributed by atoms with Gasteiger partial charge in [-0.1, -0.05) is 19.8 Å². The predicted molar refractivity (Wildman–Crippen MR) is 71.0 cm³/mol. The second kappa shape index (κ2) is 6.17. The maximum Gasteiger partial charge on any atom is 0.0510 e. The number of hydrogen-bond acceptors (Lipinski definition) is 3. The van der Waals surface area contributed by atoms with Crippen molar-refractivity contribution in [1.29, 1.82) is 0 Å². The van der Waals surface area contributed by atoms with Gasteiger partial charge >= 0.3 is 0 Å². The fourth-order valence-corrected chi connectivity index (χ4v) is 3.46. The number of rotatable bonds is 4. The van der Waals surface area contributed by atoms with E-state index in [-0.39, 0.29) is 6.04 Å². The second-order valence-corrected chi connectivity index (χ2v) is 6.06. The molecule has 3 nitrogen and oxygen atoms in total. The van der Waals surface area contributed by atoms with Crippen molar-refractivity contribution in [2.75, 3.05) is 26.8 Å². The van der Waals surface area contributed by atoms with Crippen molar-refractivity contribution in [2.24, 2.45) is 17.6 Å². The molecule has 2 N–H and O–H groups in total. The fraction of sp³-hybridized carbons (Fsp3) is 1.00. The molecule has 0 aromatic carbocycles. The molecule has 1 saturated carbocycles. The average molecular weight is 240 g/mol. The van der Waals surface area contributed by atoms with Gasteiger partial charge in [0.15, 0.2) is 0 Å². The molecule has 0 bridgehead atoms. The maximum atomic E-state index is 6.31. The zero-order chi connectivity index (χ0) is 12.3. The Labute approximate surface area is 106 Å². The third-order valence-electron chi connectivity index (χ3n) is 4.70. The van der Waals surface area contributed by atoms with E-state index < -0.39 is 0 Å². The third-order valence-corrected chi connectivity index (χ3v) is 4.70. The topological polar surface area (TPSA) is 38.5 Å². The van der Waals surface area contributed by atoms with Gasteiger partial charge in [-0.05, 0) is 32.2 Å². The van der Waals surface area contributed by atoms with E-state index in [2.05, 4.69) is 18.9 Å². The lowest BCUT2D eigenvalue weighted by Gasteiger charge is -2.38. The van der Waals surface area contributed by atoms with E-state index in [9.17, 15) is 0 Å². The van der Waals surface area contributed by atoms with Crippen LogP contribution in [0, 0.1) is 11.8 Å². The van der Waals surface area contributed by atoms with Crippen LogP contribution < -0.4 is 5.73 Å². The van der Waals surface area contributed by atoms with E-state index in [1.54, 1.807) is 0 Å². The van der Waals surface area contributed by atoms with Crippen LogP contribution >= 0.6 is 0 Å². The Morgan fingerprint density at radius 2 is 2.06 bits per heavy atom. The van der Waals surface area contributed by atoms with Gasteiger partial charge in [-0.2, -0.15) is 0 Å². The summed E-state index contributed by atoms with van der Waals surface area (Å²) < 4.78 is 5.43. The molecule has 4 atom stereocenters. The Bertz CT molecular complexity index is 228. The van der Waals surface area contributed by atoms with Crippen LogP contribution in [0.3, 0.4) is 0 Å². The Morgan fingerprint density at radius 1 is 1.29 bits per heavy atom. The van der Waals surface area contributed by atoms with E-state index in [1.807, 2.05) is 0 Å². The molecule has 0 amide bonds. The van der Waals surface area contributed by atoms with Crippen LogP contribution in [0.15, 0.2) is 0 Å². The molecule has 4 unspecified atom stereocenters. The first kappa shape index (κ1) is 13.3. The molecule has 2 rings (SSSR count). The summed E-state index contributed by atoms with van der Waals surface area (Å²) in [5, 5.41) is 0. The van der Waals surface area contributed by atoms with Gasteiger partial charge < -0.3 is 15.4 Å². The van der Waals surface area contributed by atoms with Crippen LogP contribution in [0.4, 0.5) is 0 Å². The Balaban J connectivity index is 1.80. The third kappa shape index (κ3) is 3.43. The number of hydrogen-bond donors (Lipinski definition) is 1. The zero-order valence-corrected chi connectivity index (χ0v) is 11.4. The highest BCUT2D eigenvalue weighted by molar-refractivity contribution is 4.84. The molecule has 0 aromatic rings. The Morgan fingerprint density at radius 3 is 2.71 bits per heavy atom. The van der Waals surface area contributed by atoms with Crippen LogP contribution in [-0.4, -0.2) is 43.8 Å². The summed E-state index contributed by atoms with van der Waals surface area (Å²) in [7, 11) is 2.25. The Hall–Kier alpha value is -0.120. The monoisotopic (exact) mass is 240 g/mol. The molecule has 1 saturated heterocycles. The second-order valence-electron chi connectivity index (χ2n) is 6.06. The van der Waals surface area contributed by atoms with Crippen LogP contribution in [0.25, 0.3) is 0 Å². The quantitative estimate of drug-likeness (QED) is 0.815. The summed E-state index contributed by atoms with van der Waals surface area (Å²) in [6.07, 6.45) is 6.69. The lowest BCUT2D eigenvalue weighted by Crippen LogP contribution is -2.47. The fourth-order valence-electron chi connectivity index (χ4n) is 3.46. The van der Waals surface area contributed by atoms with Crippen molar-refractivity contribution < 1.29 is 4.74 Å². The number of nitrogens with two attached hydrogens (primary N) is 1. The van der Waals surface area contributed by atoms with Crippen molar-refractivity contribution in [3.8, 4) is 0 Å². The molecule has 1 heterocycles. The van der Waals surface area contributed by atoms with Crippen molar-refractivity contribution >= 4 is 0 Å². The molecule has 0 aromatic heterocycles. The van der Waals surface area contributed by atoms with Crippen molar-refractivity contribution in [3.05, 3.63) is 0 Å². The molecule has 2 fully saturated rings. The summed E-state index contributed by atoms with van der Waals surface area (Å²) in [5.74, 6) is 1.41. The van der Waals surface area contributed by atoms with Crippen LogP contribution in [0.1, 0.15) is 39.0 Å². The van der Waals surface area contributed by atoms with Gasteiger partial charge in [-0.25, -0.2) is 0 Å². The minimum atomic E-state index is 0.289. The highest BCUT2D eigenvalue weighted by atomic mass is 16.5. The molecule has 1 aliphatic carbocycles. The number of ether oxygens (including phenoxy) is 1. The minimum Gasteiger partial charge on any atom is -0.381 e. The van der Waals surface area contributed by atoms with Gasteiger partial charge in [-0.3, -0.25) is 0 Å². The smallest absolute Gasteiger partial charge is 0.0510 e. The van der Waals surface area contributed by atoms with Gasteiger partial charge in [-0.15, -0.1) is 0 Å². The molecular formula is C14H28N2O. The van der Waals surface area contributed by atoms with Crippen molar-refractivity contribution in [3.63, 3.8) is 0 Å². The Kier molecular flexibility index (Phi) is 4.83. The van der Waals surface area contributed by atoms with Crippen molar-refractivity contribution in [1.82, 2.24) is 4.90 Å². The summed E-state index contributed by atoms with van der Waals surface area (Å²) in [6, 6.07) is 1.04. The SMILES string of the molecule is CC1CCCCC1N(C)CC(N)C1CCOC1. The van der Waals surface area contributed by atoms with Gasteiger partial charge in [0.1, 0.15) is 0 Å². The van der Waals surface area contributed by atoms with Crippen molar-refractivity contribution in [2.45, 2.75) is 51.1 Å². The molecule has 2 aliphatic rings. The average Bonchev–Trinajstić information content (AvgIpc) is 2.82. The van der Waals surface area contributed by atoms with E-state index >= 15 is 0 Å². The molecule has 17 heavy (non-hydrogen) atoms. The van der Waals surface area contributed by atoms with Gasteiger partial charge in [0.25, 0.3) is 0 Å². The molecule has 1 aliphatic heterocycles. The van der Waals surface area contributed by atoms with Crippen LogP contribution in [-0.2, 0) is 4.74 Å². The van der Waals surface area contributed by atoms with Gasteiger partial charge in [0.2, 0.25) is 0 Å². The van der Waals surface area contributed by atoms with Gasteiger partial charge in [0, 0.05) is 31.2 Å². The van der Waals surface area contributed by atoms with E-state index in [4.69, 9.17) is 10.5 Å². The standard InChI is InChI=1S/C14H28N2O/c1-11-5-3-4-6-14(11)16(2)9-13(15)12-7-8-17-10-12/h11-14H,3-10,15H2,1-2H3. The summed E-state index contributed by atoms with van der Waals surface area (Å²) in [6.45, 7) is 5.20. The summed E-state index contributed by atoms with van der Waals surface area (Å²) >= 11 is 0. The van der Waals surface area contributed by atoms with Gasteiger partial charge in [0.05, 0.1) is 6.61 Å². The zero-order valence-electron chi connectivity index (χ0n) is 11.4. The van der Waals surface area contributed by atoms with E-state index in [0.29, 0.717) is 5.92 Å². The molecule has 0 spiro atoms. The minimum absolute atomic E-state index is 0.289. The first-order valence-electron chi connectivity index (χ1n) is 7.22. The summed E-state index contributed by atoms with van der Waals surface area (Å²) in [4.78, 5) is 2.51. The molecular weight excluding hydrogens is 212 g/mol. The molecule has 3 heteroatoms. The summed E-state index contributed by atoms with van der Waals surface area (Å²) in [5.41, 5.74) is 6.31. The largest absolute Gasteiger partial charge is 0.381 e. The van der Waals surface area contributed by atoms with Crippen LogP contribution in [0.2, 0.25) is 0 Å². The first-order chi connectivity index (χ1) is 8.18. The molecule has 0 radical (unpaired) electrons. The first-order valence-corrected chi connectivity index (χ1v) is 7.22. The van der Waals surface area contributed by atoms with Crippen LogP contribution in [0.5, 0.6) is 0 Å². The number of nitrogens with zero attached hydrogens (tertiary/aromatic N) is 1. The van der Waals surface area contributed by atoms with E-state index in [0.717, 1.165) is 38.1 Å². The lowest BCUT2D eigenvalue weighted by atomic mass is 9.84. The maximum absolute atomic E-state index is 6.31. The normalized spacial score (nSPS) is 36.4. The number of likely N-dealkylation sites (N-methyl/N-ethyl adjacent to an activating group) is 1. The van der Waals surface area contributed by atoms with E-state index in [1.165, 1.54) is 25.7 Å². The lowest BCUT2D eigenvalue weighted by molar-refractivity contribution is 0.119.